The van der Waals surface area contributed by atoms with Gasteiger partial charge in [-0.25, -0.2) is 0 Å². The second kappa shape index (κ2) is 2.54. The van der Waals surface area contributed by atoms with Gasteiger partial charge in [-0.3, -0.25) is 0 Å². The van der Waals surface area contributed by atoms with Crippen molar-refractivity contribution in [3.05, 3.63) is 12.2 Å². The Labute approximate surface area is 60.4 Å². The Balaban J connectivity index is 2.76. The first-order valence-electron chi connectivity index (χ1n) is 3.27. The zero-order valence-electron chi connectivity index (χ0n) is 5.78. The minimum atomic E-state index is -0.181. The molecule has 0 heterocycles. The minimum Gasteiger partial charge on any atom is -0.198 e. The van der Waals surface area contributed by atoms with E-state index in [0.717, 1.165) is 0 Å². The minimum absolute atomic E-state index is 0.120. The van der Waals surface area contributed by atoms with E-state index in [9.17, 15) is 0 Å². The maximum absolute atomic E-state index is 8.60. The number of nitriles is 2. The zero-order chi connectivity index (χ0) is 7.56. The van der Waals surface area contributed by atoms with Gasteiger partial charge < -0.3 is 0 Å². The lowest BCUT2D eigenvalue weighted by Crippen LogP contribution is -2.09. The highest BCUT2D eigenvalue weighted by molar-refractivity contribution is 5.18. The van der Waals surface area contributed by atoms with Crippen LogP contribution in [0.3, 0.4) is 0 Å². The first-order chi connectivity index (χ1) is 4.79. The maximum Gasteiger partial charge on any atom is 0.0807 e. The van der Waals surface area contributed by atoms with Gasteiger partial charge in [-0.2, -0.15) is 10.5 Å². The summed E-state index contributed by atoms with van der Waals surface area (Å²) >= 11 is 0. The molecule has 50 valence electrons. The van der Waals surface area contributed by atoms with Crippen molar-refractivity contribution in [2.24, 2.45) is 17.8 Å². The summed E-state index contributed by atoms with van der Waals surface area (Å²) in [5.74, 6) is -0.0559. The summed E-state index contributed by atoms with van der Waals surface area (Å²) in [4.78, 5) is 0. The summed E-state index contributed by atoms with van der Waals surface area (Å²) in [6.45, 7) is 1.96. The van der Waals surface area contributed by atoms with Gasteiger partial charge in [0.05, 0.1) is 24.0 Å². The average molecular weight is 132 g/mol. The summed E-state index contributed by atoms with van der Waals surface area (Å²) in [7, 11) is 0. The Hall–Kier alpha value is -1.28. The first kappa shape index (κ1) is 6.83. The van der Waals surface area contributed by atoms with Gasteiger partial charge in [0, 0.05) is 0 Å². The van der Waals surface area contributed by atoms with Crippen LogP contribution in [0.2, 0.25) is 0 Å². The van der Waals surface area contributed by atoms with Crippen LogP contribution in [0.25, 0.3) is 0 Å². The van der Waals surface area contributed by atoms with Gasteiger partial charge in [-0.05, 0) is 5.92 Å². The number of allylic oxidation sites excluding steroid dienone is 2. The Morgan fingerprint density at radius 2 is 1.90 bits per heavy atom. The summed E-state index contributed by atoms with van der Waals surface area (Å²) < 4.78 is 0. The van der Waals surface area contributed by atoms with Gasteiger partial charge in [-0.1, -0.05) is 19.1 Å². The molecule has 0 spiro atoms. The van der Waals surface area contributed by atoms with E-state index in [4.69, 9.17) is 10.5 Å². The van der Waals surface area contributed by atoms with Crippen LogP contribution in [-0.4, -0.2) is 0 Å². The molecule has 3 atom stereocenters. The quantitative estimate of drug-likeness (QED) is 0.468. The molecule has 10 heavy (non-hydrogen) atoms. The van der Waals surface area contributed by atoms with Crippen LogP contribution in [0.15, 0.2) is 12.2 Å². The Kier molecular flexibility index (Phi) is 1.73. The third-order valence-electron chi connectivity index (χ3n) is 1.87. The van der Waals surface area contributed by atoms with Crippen LogP contribution >= 0.6 is 0 Å². The largest absolute Gasteiger partial charge is 0.198 e. The molecule has 3 unspecified atom stereocenters. The average Bonchev–Trinajstić information content (AvgIpc) is 2.30. The molecule has 0 N–H and O–H groups in total. The first-order valence-corrected chi connectivity index (χ1v) is 3.27. The highest BCUT2D eigenvalue weighted by Gasteiger charge is 2.28. The van der Waals surface area contributed by atoms with Crippen molar-refractivity contribution in [2.45, 2.75) is 6.92 Å². The third-order valence-corrected chi connectivity index (χ3v) is 1.87. The molecule has 1 aliphatic rings. The van der Waals surface area contributed by atoms with Gasteiger partial charge in [0.2, 0.25) is 0 Å². The molecule has 0 saturated carbocycles. The fraction of sp³-hybridized carbons (Fsp3) is 0.500. The molecule has 2 nitrogen and oxygen atoms in total. The topological polar surface area (TPSA) is 47.6 Å². The second-order valence-electron chi connectivity index (χ2n) is 2.55. The van der Waals surface area contributed by atoms with E-state index in [1.54, 1.807) is 0 Å². The molecule has 0 aliphatic heterocycles. The molecule has 1 rings (SSSR count). The van der Waals surface area contributed by atoms with Crippen molar-refractivity contribution in [1.82, 2.24) is 0 Å². The van der Waals surface area contributed by atoms with Gasteiger partial charge in [0.25, 0.3) is 0 Å². The molecule has 0 saturated heterocycles. The van der Waals surface area contributed by atoms with Crippen LogP contribution in [0, 0.1) is 40.4 Å². The molecular formula is C8H8N2. The molecule has 1 aliphatic carbocycles. The van der Waals surface area contributed by atoms with E-state index in [0.29, 0.717) is 0 Å². The highest BCUT2D eigenvalue weighted by atomic mass is 14.4. The molecule has 2 heteroatoms. The van der Waals surface area contributed by atoms with E-state index in [1.165, 1.54) is 0 Å². The van der Waals surface area contributed by atoms with Crippen molar-refractivity contribution >= 4 is 0 Å². The van der Waals surface area contributed by atoms with Crippen molar-refractivity contribution < 1.29 is 0 Å². The fourth-order valence-corrected chi connectivity index (χ4v) is 1.18. The lowest BCUT2D eigenvalue weighted by Gasteiger charge is -2.07. The predicted octanol–water partition coefficient (Wildman–Crippen LogP) is 1.47. The monoisotopic (exact) mass is 132 g/mol. The Morgan fingerprint density at radius 1 is 1.20 bits per heavy atom. The van der Waals surface area contributed by atoms with Gasteiger partial charge in [0.1, 0.15) is 0 Å². The van der Waals surface area contributed by atoms with Crippen molar-refractivity contribution in [3.8, 4) is 12.1 Å². The van der Waals surface area contributed by atoms with E-state index in [1.807, 2.05) is 19.1 Å². The Bertz CT molecular complexity index is 229. The van der Waals surface area contributed by atoms with Crippen molar-refractivity contribution in [3.63, 3.8) is 0 Å². The molecule has 0 amide bonds. The molecule has 0 radical (unpaired) electrons. The van der Waals surface area contributed by atoms with Crippen molar-refractivity contribution in [1.29, 1.82) is 10.5 Å². The van der Waals surface area contributed by atoms with Gasteiger partial charge in [-0.15, -0.1) is 0 Å². The van der Waals surface area contributed by atoms with E-state index < -0.39 is 0 Å². The maximum atomic E-state index is 8.60. The molecule has 0 aromatic heterocycles. The molecular weight excluding hydrogens is 124 g/mol. The smallest absolute Gasteiger partial charge is 0.0807 e. The van der Waals surface area contributed by atoms with E-state index >= 15 is 0 Å². The van der Waals surface area contributed by atoms with Crippen LogP contribution < -0.4 is 0 Å². The number of rotatable bonds is 0. The van der Waals surface area contributed by atoms with Gasteiger partial charge in [0.15, 0.2) is 0 Å². The predicted molar refractivity (Wildman–Crippen MR) is 36.5 cm³/mol. The lowest BCUT2D eigenvalue weighted by atomic mass is 9.92. The molecule has 0 bridgehead atoms. The van der Waals surface area contributed by atoms with Crippen LogP contribution in [0.5, 0.6) is 0 Å². The lowest BCUT2D eigenvalue weighted by molar-refractivity contribution is 0.504. The normalized spacial score (nSPS) is 36.9. The van der Waals surface area contributed by atoms with Crippen LogP contribution in [0.4, 0.5) is 0 Å². The van der Waals surface area contributed by atoms with Crippen molar-refractivity contribution in [2.75, 3.05) is 0 Å². The molecule has 0 aromatic rings. The zero-order valence-corrected chi connectivity index (χ0v) is 5.78. The van der Waals surface area contributed by atoms with E-state index in [-0.39, 0.29) is 17.8 Å². The molecule has 0 aromatic carbocycles. The van der Waals surface area contributed by atoms with E-state index in [2.05, 4.69) is 12.1 Å². The summed E-state index contributed by atoms with van der Waals surface area (Å²) in [6, 6.07) is 4.22. The number of hydrogen-bond donors (Lipinski definition) is 0. The standard InChI is InChI=1S/C8H8N2/c1-6-2-3-7(4-9)8(6)5-10/h2-3,6-8H,1H3. The van der Waals surface area contributed by atoms with Gasteiger partial charge >= 0.3 is 0 Å². The SMILES string of the molecule is CC1C=CC(C#N)C1C#N. The summed E-state index contributed by atoms with van der Waals surface area (Å²) in [5, 5.41) is 17.1. The summed E-state index contributed by atoms with van der Waals surface area (Å²) in [5.41, 5.74) is 0. The summed E-state index contributed by atoms with van der Waals surface area (Å²) in [6.07, 6.45) is 3.75. The van der Waals surface area contributed by atoms with Crippen LogP contribution in [0.1, 0.15) is 6.92 Å². The third kappa shape index (κ3) is 0.890. The molecule has 0 fully saturated rings. The highest BCUT2D eigenvalue weighted by Crippen LogP contribution is 2.28. The van der Waals surface area contributed by atoms with Crippen LogP contribution in [-0.2, 0) is 0 Å². The number of hydrogen-bond acceptors (Lipinski definition) is 2. The fourth-order valence-electron chi connectivity index (χ4n) is 1.18. The Morgan fingerprint density at radius 3 is 2.30 bits per heavy atom. The second-order valence-corrected chi connectivity index (χ2v) is 2.55. The number of nitrogens with zero attached hydrogens (tertiary/aromatic N) is 2.